The second-order valence-corrected chi connectivity index (χ2v) is 15.6. The number of aryl methyl sites for hydroxylation is 1. The first-order valence-electron chi connectivity index (χ1n) is 15.9. The molecule has 0 aromatic heterocycles. The maximum atomic E-state index is 14.4. The Bertz CT molecular complexity index is 1300. The van der Waals surface area contributed by atoms with Crippen molar-refractivity contribution >= 4 is 41.3 Å². The molecule has 10 heteroatoms. The monoisotopic (exact) mass is 612 g/mol. The van der Waals surface area contributed by atoms with Gasteiger partial charge in [0.05, 0.1) is 10.4 Å². The van der Waals surface area contributed by atoms with Gasteiger partial charge in [0.15, 0.2) is 0 Å². The predicted octanol–water partition coefficient (Wildman–Crippen LogP) is 5.52. The molecular weight excluding hydrogens is 564 g/mol. The minimum absolute atomic E-state index is 0.0289. The third-order valence-corrected chi connectivity index (χ3v) is 11.0. The van der Waals surface area contributed by atoms with Crippen LogP contribution in [0.3, 0.4) is 0 Å². The highest BCUT2D eigenvalue weighted by atomic mass is 32.2. The summed E-state index contributed by atoms with van der Waals surface area (Å²) in [7, 11) is 0. The lowest BCUT2D eigenvalue weighted by Crippen LogP contribution is -2.55. The lowest BCUT2D eigenvalue weighted by molar-refractivity contribution is -0.123. The first-order valence-corrected chi connectivity index (χ1v) is 16.7. The average Bonchev–Trinajstić information content (AvgIpc) is 3.57. The number of benzene rings is 1. The van der Waals surface area contributed by atoms with E-state index in [-0.39, 0.29) is 41.3 Å². The van der Waals surface area contributed by atoms with Gasteiger partial charge >= 0.3 is 6.09 Å². The summed E-state index contributed by atoms with van der Waals surface area (Å²) in [5.74, 6) is -0.00111. The SMILES string of the molecule is CCC(=O)NCCN1C(=O)C2(CCC2)Sc2cc(C)c(C(=O)N(C(C)C)C3C[C@@]34CCCN(C(=O)OC(C)(C)C)C4)cc21. The minimum atomic E-state index is -0.554. The van der Waals surface area contributed by atoms with Gasteiger partial charge in [-0.05, 0) is 97.8 Å². The van der Waals surface area contributed by atoms with Gasteiger partial charge in [-0.2, -0.15) is 0 Å². The summed E-state index contributed by atoms with van der Waals surface area (Å²) in [6.07, 6.45) is 5.55. The van der Waals surface area contributed by atoms with Crippen molar-refractivity contribution in [1.82, 2.24) is 15.1 Å². The third-order valence-electron chi connectivity index (χ3n) is 9.44. The molecule has 1 aromatic rings. The number of nitrogens with zero attached hydrogens (tertiary/aromatic N) is 3. The number of thioether (sulfide) groups is 1. The Morgan fingerprint density at radius 3 is 2.49 bits per heavy atom. The number of ether oxygens (including phenoxy) is 1. The molecular formula is C33H48N4O5S. The van der Waals surface area contributed by atoms with E-state index in [9.17, 15) is 19.2 Å². The lowest BCUT2D eigenvalue weighted by Gasteiger charge is -2.47. The fraction of sp³-hybridized carbons (Fsp3) is 0.697. The number of rotatable bonds is 7. The van der Waals surface area contributed by atoms with Crippen molar-refractivity contribution in [1.29, 1.82) is 0 Å². The second kappa shape index (κ2) is 11.6. The zero-order valence-electron chi connectivity index (χ0n) is 26.9. The molecule has 2 atom stereocenters. The number of hydrogen-bond donors (Lipinski definition) is 1. The largest absolute Gasteiger partial charge is 0.444 e. The number of fused-ring (bicyclic) bond motifs is 1. The highest BCUT2D eigenvalue weighted by molar-refractivity contribution is 8.01. The number of anilines is 1. The van der Waals surface area contributed by atoms with Crippen LogP contribution in [0.15, 0.2) is 17.0 Å². The molecule has 9 nitrogen and oxygen atoms in total. The molecule has 4 aliphatic rings. The Balaban J connectivity index is 1.40. The van der Waals surface area contributed by atoms with Crippen molar-refractivity contribution in [3.8, 4) is 0 Å². The van der Waals surface area contributed by atoms with Crippen LogP contribution >= 0.6 is 11.8 Å². The molecule has 0 bridgehead atoms. The summed E-state index contributed by atoms with van der Waals surface area (Å²) in [5.41, 5.74) is 1.59. The standard InChI is InChI=1S/C33H48N4O5S/c1-8-27(38)34-14-16-36-24-18-23(22(4)17-25(24)43-33(29(36)40)12-9-13-33)28(39)37(21(2)3)26-19-32(26)11-10-15-35(20-32)30(41)42-31(5,6)7/h17-18,21,26H,8-16,19-20H2,1-7H3,(H,34,38)/t26?,32-/m1/s1. The molecule has 2 spiro atoms. The highest BCUT2D eigenvalue weighted by Gasteiger charge is 2.60. The minimum Gasteiger partial charge on any atom is -0.444 e. The second-order valence-electron chi connectivity index (χ2n) is 14.1. The van der Waals surface area contributed by atoms with Crippen molar-refractivity contribution in [3.05, 3.63) is 23.3 Å². The molecule has 2 saturated carbocycles. The molecule has 2 aliphatic heterocycles. The summed E-state index contributed by atoms with van der Waals surface area (Å²) in [4.78, 5) is 59.6. The summed E-state index contributed by atoms with van der Waals surface area (Å²) < 4.78 is 5.23. The maximum absolute atomic E-state index is 14.4. The predicted molar refractivity (Wildman–Crippen MR) is 168 cm³/mol. The molecule has 1 aromatic carbocycles. The maximum Gasteiger partial charge on any atom is 0.410 e. The number of nitrogens with one attached hydrogen (secondary N) is 1. The van der Waals surface area contributed by atoms with Crippen molar-refractivity contribution in [3.63, 3.8) is 0 Å². The molecule has 236 valence electrons. The Kier molecular flexibility index (Phi) is 8.57. The van der Waals surface area contributed by atoms with E-state index in [1.165, 1.54) is 0 Å². The van der Waals surface area contributed by atoms with Gasteiger partial charge in [-0.25, -0.2) is 4.79 Å². The Hall–Kier alpha value is -2.75. The molecule has 0 radical (unpaired) electrons. The van der Waals surface area contributed by atoms with E-state index >= 15 is 0 Å². The number of carbonyl (C=O) groups excluding carboxylic acids is 4. The molecule has 3 fully saturated rings. The quantitative estimate of drug-likeness (QED) is 0.435. The molecule has 2 aliphatic carbocycles. The normalized spacial score (nSPS) is 24.1. The van der Waals surface area contributed by atoms with Gasteiger partial charge in [0.2, 0.25) is 11.8 Å². The van der Waals surface area contributed by atoms with Gasteiger partial charge < -0.3 is 24.8 Å². The number of likely N-dealkylation sites (tertiary alicyclic amines) is 1. The van der Waals surface area contributed by atoms with E-state index in [0.29, 0.717) is 38.2 Å². The summed E-state index contributed by atoms with van der Waals surface area (Å²) in [5, 5.41) is 2.90. The Morgan fingerprint density at radius 1 is 1.16 bits per heavy atom. The Labute approximate surface area is 260 Å². The van der Waals surface area contributed by atoms with Gasteiger partial charge in [0, 0.05) is 60.6 Å². The Morgan fingerprint density at radius 2 is 1.88 bits per heavy atom. The van der Waals surface area contributed by atoms with Crippen molar-refractivity contribution in [2.24, 2.45) is 5.41 Å². The van der Waals surface area contributed by atoms with Crippen LogP contribution in [0, 0.1) is 12.3 Å². The smallest absolute Gasteiger partial charge is 0.410 e. The first kappa shape index (κ1) is 31.7. The zero-order chi connectivity index (χ0) is 31.3. The van der Waals surface area contributed by atoms with E-state index in [0.717, 1.165) is 54.7 Å². The van der Waals surface area contributed by atoms with Gasteiger partial charge in [0.25, 0.3) is 5.91 Å². The van der Waals surface area contributed by atoms with Gasteiger partial charge in [-0.15, -0.1) is 11.8 Å². The first-order chi connectivity index (χ1) is 20.2. The number of amides is 4. The van der Waals surface area contributed by atoms with Crippen molar-refractivity contribution in [2.75, 3.05) is 31.1 Å². The summed E-state index contributed by atoms with van der Waals surface area (Å²) in [6.45, 7) is 15.5. The van der Waals surface area contributed by atoms with Crippen LogP contribution in [-0.2, 0) is 14.3 Å². The third kappa shape index (κ3) is 6.13. The van der Waals surface area contributed by atoms with Crippen molar-refractivity contribution in [2.45, 2.75) is 121 Å². The van der Waals surface area contributed by atoms with Gasteiger partial charge in [-0.1, -0.05) is 6.92 Å². The molecule has 2 heterocycles. The van der Waals surface area contributed by atoms with Gasteiger partial charge in [-0.3, -0.25) is 14.4 Å². The summed E-state index contributed by atoms with van der Waals surface area (Å²) in [6, 6.07) is 3.99. The lowest BCUT2D eigenvalue weighted by atomic mass is 9.82. The molecule has 1 N–H and O–H groups in total. The van der Waals surface area contributed by atoms with Crippen LogP contribution in [0.5, 0.6) is 0 Å². The zero-order valence-corrected chi connectivity index (χ0v) is 27.7. The van der Waals surface area contributed by atoms with Crippen LogP contribution < -0.4 is 10.2 Å². The van der Waals surface area contributed by atoms with E-state index in [2.05, 4.69) is 25.2 Å². The van der Waals surface area contributed by atoms with Crippen LogP contribution in [0.1, 0.15) is 102 Å². The topological polar surface area (TPSA) is 99.3 Å². The highest BCUT2D eigenvalue weighted by Crippen LogP contribution is 2.57. The van der Waals surface area contributed by atoms with E-state index in [4.69, 9.17) is 4.74 Å². The molecule has 1 unspecified atom stereocenters. The molecule has 4 amide bonds. The van der Waals surface area contributed by atoms with E-state index < -0.39 is 10.3 Å². The number of hydrogen-bond acceptors (Lipinski definition) is 6. The van der Waals surface area contributed by atoms with Crippen LogP contribution in [0.25, 0.3) is 0 Å². The number of piperidine rings is 1. The molecule has 43 heavy (non-hydrogen) atoms. The number of carbonyl (C=O) groups is 4. The average molecular weight is 613 g/mol. The fourth-order valence-corrected chi connectivity index (χ4v) is 8.57. The summed E-state index contributed by atoms with van der Waals surface area (Å²) >= 11 is 1.64. The van der Waals surface area contributed by atoms with E-state index in [1.807, 2.05) is 50.5 Å². The van der Waals surface area contributed by atoms with Crippen LogP contribution in [0.2, 0.25) is 0 Å². The molecule has 5 rings (SSSR count). The van der Waals surface area contributed by atoms with Crippen LogP contribution in [0.4, 0.5) is 10.5 Å². The fourth-order valence-electron chi connectivity index (χ4n) is 6.95. The molecule has 1 saturated heterocycles. The van der Waals surface area contributed by atoms with Crippen molar-refractivity contribution < 1.29 is 23.9 Å². The van der Waals surface area contributed by atoms with E-state index in [1.54, 1.807) is 16.7 Å². The van der Waals surface area contributed by atoms with Crippen LogP contribution in [-0.4, -0.2) is 82.2 Å². The van der Waals surface area contributed by atoms with Gasteiger partial charge in [0.1, 0.15) is 5.60 Å².